The van der Waals surface area contributed by atoms with E-state index in [4.69, 9.17) is 0 Å². The van der Waals surface area contributed by atoms with Crippen molar-refractivity contribution in [3.8, 4) is 0 Å². The van der Waals surface area contributed by atoms with Gasteiger partial charge in [0.2, 0.25) is 5.13 Å². The van der Waals surface area contributed by atoms with E-state index in [1.807, 2.05) is 18.5 Å². The van der Waals surface area contributed by atoms with Gasteiger partial charge in [-0.15, -0.1) is 10.2 Å². The van der Waals surface area contributed by atoms with Gasteiger partial charge in [-0.05, 0) is 20.3 Å². The molecule has 2 aromatic rings. The average molecular weight is 252 g/mol. The third kappa shape index (κ3) is 3.00. The standard InChI is InChI=1S/C10H16N6S/c1-4-5-11-10-14-13-9(17-10)6-16-8(3)12-7(2)15-16/h4-6H2,1-3H3,(H,11,14). The van der Waals surface area contributed by atoms with Gasteiger partial charge in [-0.2, -0.15) is 5.10 Å². The normalized spacial score (nSPS) is 10.8. The molecule has 92 valence electrons. The first-order valence-electron chi connectivity index (χ1n) is 5.63. The predicted octanol–water partition coefficient (Wildman–Crippen LogP) is 1.62. The van der Waals surface area contributed by atoms with Gasteiger partial charge in [0.1, 0.15) is 16.7 Å². The summed E-state index contributed by atoms with van der Waals surface area (Å²) in [7, 11) is 0. The Morgan fingerprint density at radius 2 is 2.12 bits per heavy atom. The average Bonchev–Trinajstić information content (AvgIpc) is 2.84. The minimum Gasteiger partial charge on any atom is -0.360 e. The maximum absolute atomic E-state index is 4.30. The van der Waals surface area contributed by atoms with Gasteiger partial charge in [0, 0.05) is 6.54 Å². The van der Waals surface area contributed by atoms with Crippen LogP contribution in [-0.2, 0) is 6.54 Å². The molecule has 0 radical (unpaired) electrons. The first-order chi connectivity index (χ1) is 8.19. The molecule has 0 bridgehead atoms. The van der Waals surface area contributed by atoms with Crippen LogP contribution in [0.2, 0.25) is 0 Å². The summed E-state index contributed by atoms with van der Waals surface area (Å²) in [5.74, 6) is 1.69. The molecule has 0 spiro atoms. The molecule has 0 aliphatic carbocycles. The van der Waals surface area contributed by atoms with E-state index in [0.717, 1.165) is 34.8 Å². The zero-order valence-electron chi connectivity index (χ0n) is 10.3. The van der Waals surface area contributed by atoms with E-state index in [0.29, 0.717) is 6.54 Å². The Hall–Kier alpha value is -1.50. The Kier molecular flexibility index (Phi) is 3.68. The number of aromatic nitrogens is 5. The van der Waals surface area contributed by atoms with Gasteiger partial charge in [0.05, 0.1) is 6.54 Å². The van der Waals surface area contributed by atoms with Crippen LogP contribution in [0.4, 0.5) is 5.13 Å². The summed E-state index contributed by atoms with van der Waals surface area (Å²) in [6, 6.07) is 0. The predicted molar refractivity (Wildman–Crippen MR) is 67.3 cm³/mol. The van der Waals surface area contributed by atoms with Crippen molar-refractivity contribution in [1.29, 1.82) is 0 Å². The highest BCUT2D eigenvalue weighted by Gasteiger charge is 2.07. The van der Waals surface area contributed by atoms with Crippen LogP contribution in [0, 0.1) is 13.8 Å². The Bertz CT molecular complexity index is 489. The number of nitrogens with zero attached hydrogens (tertiary/aromatic N) is 5. The molecule has 0 saturated carbocycles. The molecule has 0 amide bonds. The van der Waals surface area contributed by atoms with E-state index in [1.165, 1.54) is 0 Å². The first-order valence-corrected chi connectivity index (χ1v) is 6.45. The fourth-order valence-electron chi connectivity index (χ4n) is 1.46. The minimum atomic E-state index is 0.637. The van der Waals surface area contributed by atoms with Crippen LogP contribution >= 0.6 is 11.3 Å². The second-order valence-corrected chi connectivity index (χ2v) is 4.85. The summed E-state index contributed by atoms with van der Waals surface area (Å²) in [4.78, 5) is 4.26. The molecule has 2 heterocycles. The lowest BCUT2D eigenvalue weighted by atomic mass is 10.5. The van der Waals surface area contributed by atoms with Crippen molar-refractivity contribution in [3.63, 3.8) is 0 Å². The summed E-state index contributed by atoms with van der Waals surface area (Å²) in [5, 5.41) is 17.5. The van der Waals surface area contributed by atoms with Gasteiger partial charge >= 0.3 is 0 Å². The summed E-state index contributed by atoms with van der Waals surface area (Å²) in [5.41, 5.74) is 0. The number of anilines is 1. The summed E-state index contributed by atoms with van der Waals surface area (Å²) >= 11 is 1.56. The van der Waals surface area contributed by atoms with Crippen LogP contribution in [0.25, 0.3) is 0 Å². The van der Waals surface area contributed by atoms with Crippen molar-refractivity contribution in [2.75, 3.05) is 11.9 Å². The van der Waals surface area contributed by atoms with Crippen LogP contribution in [0.15, 0.2) is 0 Å². The highest BCUT2D eigenvalue weighted by Crippen LogP contribution is 2.16. The zero-order valence-corrected chi connectivity index (χ0v) is 11.1. The quantitative estimate of drug-likeness (QED) is 0.875. The summed E-state index contributed by atoms with van der Waals surface area (Å²) in [6.45, 7) is 7.51. The van der Waals surface area contributed by atoms with Crippen molar-refractivity contribution in [3.05, 3.63) is 16.7 Å². The van der Waals surface area contributed by atoms with Crippen LogP contribution in [0.3, 0.4) is 0 Å². The third-order valence-corrected chi connectivity index (χ3v) is 3.11. The van der Waals surface area contributed by atoms with E-state index in [1.54, 1.807) is 11.3 Å². The van der Waals surface area contributed by atoms with Gasteiger partial charge in [0.15, 0.2) is 0 Å². The summed E-state index contributed by atoms with van der Waals surface area (Å²) in [6.07, 6.45) is 1.08. The molecule has 0 aliphatic rings. The molecule has 2 rings (SSSR count). The molecule has 6 nitrogen and oxygen atoms in total. The first kappa shape index (κ1) is 12.0. The molecule has 2 aromatic heterocycles. The van der Waals surface area contributed by atoms with E-state index in [-0.39, 0.29) is 0 Å². The van der Waals surface area contributed by atoms with Crippen LogP contribution in [-0.4, -0.2) is 31.5 Å². The lowest BCUT2D eigenvalue weighted by molar-refractivity contribution is 0.648. The number of aryl methyl sites for hydroxylation is 2. The Balaban J connectivity index is 2.03. The molecule has 1 N–H and O–H groups in total. The van der Waals surface area contributed by atoms with Crippen molar-refractivity contribution in [2.45, 2.75) is 33.7 Å². The second kappa shape index (κ2) is 5.22. The Morgan fingerprint density at radius 1 is 1.29 bits per heavy atom. The maximum atomic E-state index is 4.30. The molecule has 0 saturated heterocycles. The molecule has 0 fully saturated rings. The van der Waals surface area contributed by atoms with Crippen molar-refractivity contribution in [2.24, 2.45) is 0 Å². The lowest BCUT2D eigenvalue weighted by Crippen LogP contribution is -2.03. The number of rotatable bonds is 5. The van der Waals surface area contributed by atoms with Crippen LogP contribution in [0.5, 0.6) is 0 Å². The molecule has 0 atom stereocenters. The molecule has 7 heteroatoms. The molecule has 0 aliphatic heterocycles. The van der Waals surface area contributed by atoms with E-state index < -0.39 is 0 Å². The SMILES string of the molecule is CCCNc1nnc(Cn2nc(C)nc2C)s1. The van der Waals surface area contributed by atoms with E-state index in [9.17, 15) is 0 Å². The van der Waals surface area contributed by atoms with Crippen molar-refractivity contribution < 1.29 is 0 Å². The van der Waals surface area contributed by atoms with Crippen molar-refractivity contribution >= 4 is 16.5 Å². The monoisotopic (exact) mass is 252 g/mol. The minimum absolute atomic E-state index is 0.637. The fourth-order valence-corrected chi connectivity index (χ4v) is 2.21. The fraction of sp³-hybridized carbons (Fsp3) is 0.600. The third-order valence-electron chi connectivity index (χ3n) is 2.24. The zero-order chi connectivity index (χ0) is 12.3. The molecule has 0 aromatic carbocycles. The molecule has 0 unspecified atom stereocenters. The van der Waals surface area contributed by atoms with Crippen molar-refractivity contribution in [1.82, 2.24) is 25.0 Å². The van der Waals surface area contributed by atoms with Crippen LogP contribution < -0.4 is 5.32 Å². The van der Waals surface area contributed by atoms with Gasteiger partial charge < -0.3 is 5.32 Å². The maximum Gasteiger partial charge on any atom is 0.205 e. The van der Waals surface area contributed by atoms with Crippen LogP contribution in [0.1, 0.15) is 30.0 Å². The number of hydrogen-bond donors (Lipinski definition) is 1. The molecular weight excluding hydrogens is 236 g/mol. The Labute approximate surface area is 104 Å². The number of hydrogen-bond acceptors (Lipinski definition) is 6. The Morgan fingerprint density at radius 3 is 2.76 bits per heavy atom. The lowest BCUT2D eigenvalue weighted by Gasteiger charge is -1.98. The second-order valence-electron chi connectivity index (χ2n) is 3.79. The summed E-state index contributed by atoms with van der Waals surface area (Å²) < 4.78 is 1.85. The smallest absolute Gasteiger partial charge is 0.205 e. The highest BCUT2D eigenvalue weighted by molar-refractivity contribution is 7.15. The van der Waals surface area contributed by atoms with E-state index >= 15 is 0 Å². The topological polar surface area (TPSA) is 68.5 Å². The largest absolute Gasteiger partial charge is 0.360 e. The van der Waals surface area contributed by atoms with Gasteiger partial charge in [-0.1, -0.05) is 18.3 Å². The molecule has 17 heavy (non-hydrogen) atoms. The molecular formula is C10H16N6S. The van der Waals surface area contributed by atoms with E-state index in [2.05, 4.69) is 32.5 Å². The number of nitrogens with one attached hydrogen (secondary N) is 1. The van der Waals surface area contributed by atoms with Gasteiger partial charge in [0.25, 0.3) is 0 Å². The van der Waals surface area contributed by atoms with Gasteiger partial charge in [-0.3, -0.25) is 0 Å². The van der Waals surface area contributed by atoms with Gasteiger partial charge in [-0.25, -0.2) is 9.67 Å². The highest BCUT2D eigenvalue weighted by atomic mass is 32.1.